The van der Waals surface area contributed by atoms with Crippen LogP contribution in [0.25, 0.3) is 12.2 Å². The van der Waals surface area contributed by atoms with Gasteiger partial charge in [0.25, 0.3) is 0 Å². The van der Waals surface area contributed by atoms with E-state index in [0.717, 1.165) is 23.1 Å². The molecule has 0 fully saturated rings. The number of carboxylic acids is 1. The summed E-state index contributed by atoms with van der Waals surface area (Å²) in [6.45, 7) is 0. The minimum absolute atomic E-state index is 0.773. The summed E-state index contributed by atoms with van der Waals surface area (Å²) in [6.07, 6.45) is 7.73. The topological polar surface area (TPSA) is 37.3 Å². The maximum Gasteiger partial charge on any atom is 0.328 e. The monoisotopic (exact) mass is 264 g/mol. The van der Waals surface area contributed by atoms with Gasteiger partial charge in [0.1, 0.15) is 0 Å². The fraction of sp³-hybridized carbons (Fsp3) is 0.0556. The van der Waals surface area contributed by atoms with E-state index in [-0.39, 0.29) is 0 Å². The number of aliphatic carboxylic acids is 1. The minimum atomic E-state index is -0.931. The van der Waals surface area contributed by atoms with E-state index in [9.17, 15) is 4.79 Å². The van der Waals surface area contributed by atoms with E-state index in [0.29, 0.717) is 0 Å². The number of carbonyl (C=O) groups is 1. The predicted octanol–water partition coefficient (Wildman–Crippen LogP) is 4.04. The molecule has 2 nitrogen and oxygen atoms in total. The molecule has 2 rings (SSSR count). The smallest absolute Gasteiger partial charge is 0.328 e. The van der Waals surface area contributed by atoms with Crippen LogP contribution in [0.1, 0.15) is 16.7 Å². The molecule has 0 aliphatic heterocycles. The van der Waals surface area contributed by atoms with Crippen LogP contribution in [-0.4, -0.2) is 11.1 Å². The van der Waals surface area contributed by atoms with Gasteiger partial charge in [-0.3, -0.25) is 0 Å². The highest BCUT2D eigenvalue weighted by molar-refractivity contribution is 5.85. The molecule has 0 atom stereocenters. The van der Waals surface area contributed by atoms with E-state index in [2.05, 4.69) is 12.2 Å². The fourth-order valence-electron chi connectivity index (χ4n) is 1.93. The standard InChI is InChI=1S/C18H16O2/c19-18(20)14-13-17-11-5-4-10-16(17)12-6-9-15-7-2-1-3-8-15/h1-11,13-14H,12H2,(H,19,20). The van der Waals surface area contributed by atoms with Crippen LogP contribution in [0.4, 0.5) is 0 Å². The zero-order valence-electron chi connectivity index (χ0n) is 11.1. The summed E-state index contributed by atoms with van der Waals surface area (Å²) >= 11 is 0. The lowest BCUT2D eigenvalue weighted by atomic mass is 10.0. The molecule has 2 heteroatoms. The third-order valence-corrected chi connectivity index (χ3v) is 2.91. The molecule has 0 saturated carbocycles. The molecule has 100 valence electrons. The molecule has 0 amide bonds. The Balaban J connectivity index is 2.10. The SMILES string of the molecule is O=C(O)C=Cc1ccccc1CC=Cc1ccccc1. The van der Waals surface area contributed by atoms with Crippen LogP contribution in [0.5, 0.6) is 0 Å². The highest BCUT2D eigenvalue weighted by Crippen LogP contribution is 2.13. The zero-order chi connectivity index (χ0) is 14.2. The molecule has 0 aliphatic carbocycles. The molecule has 0 heterocycles. The molecular formula is C18H16O2. The first-order valence-electron chi connectivity index (χ1n) is 6.46. The number of carboxylic acid groups (broad SMARTS) is 1. The van der Waals surface area contributed by atoms with Crippen molar-refractivity contribution in [1.29, 1.82) is 0 Å². The Kier molecular flexibility index (Phi) is 4.90. The van der Waals surface area contributed by atoms with Crippen LogP contribution in [0, 0.1) is 0 Å². The third-order valence-electron chi connectivity index (χ3n) is 2.91. The van der Waals surface area contributed by atoms with Gasteiger partial charge in [0.2, 0.25) is 0 Å². The zero-order valence-corrected chi connectivity index (χ0v) is 11.1. The second-order valence-electron chi connectivity index (χ2n) is 4.39. The van der Waals surface area contributed by atoms with Crippen molar-refractivity contribution in [2.45, 2.75) is 6.42 Å². The number of hydrogen-bond donors (Lipinski definition) is 1. The Morgan fingerprint density at radius 1 is 0.950 bits per heavy atom. The largest absolute Gasteiger partial charge is 0.478 e. The Labute approximate surface area is 118 Å². The molecule has 20 heavy (non-hydrogen) atoms. The summed E-state index contributed by atoms with van der Waals surface area (Å²) in [5.41, 5.74) is 3.20. The average Bonchev–Trinajstić information content (AvgIpc) is 2.47. The quantitative estimate of drug-likeness (QED) is 0.827. The molecule has 0 radical (unpaired) electrons. The summed E-state index contributed by atoms with van der Waals surface area (Å²) in [6, 6.07) is 17.9. The van der Waals surface area contributed by atoms with Crippen molar-refractivity contribution < 1.29 is 9.90 Å². The van der Waals surface area contributed by atoms with Gasteiger partial charge in [-0.15, -0.1) is 0 Å². The lowest BCUT2D eigenvalue weighted by Gasteiger charge is -2.02. The van der Waals surface area contributed by atoms with Gasteiger partial charge in [-0.25, -0.2) is 4.79 Å². The van der Waals surface area contributed by atoms with Gasteiger partial charge in [0, 0.05) is 6.08 Å². The van der Waals surface area contributed by atoms with Crippen LogP contribution in [0.3, 0.4) is 0 Å². The highest BCUT2D eigenvalue weighted by Gasteiger charge is 1.97. The molecule has 1 N–H and O–H groups in total. The molecule has 0 bridgehead atoms. The molecule has 2 aromatic carbocycles. The highest BCUT2D eigenvalue weighted by atomic mass is 16.4. The van der Waals surface area contributed by atoms with E-state index in [4.69, 9.17) is 5.11 Å². The van der Waals surface area contributed by atoms with Gasteiger partial charge in [0.15, 0.2) is 0 Å². The van der Waals surface area contributed by atoms with E-state index in [1.54, 1.807) is 6.08 Å². The summed E-state index contributed by atoms with van der Waals surface area (Å²) in [4.78, 5) is 10.6. The molecular weight excluding hydrogens is 248 g/mol. The van der Waals surface area contributed by atoms with E-state index in [1.807, 2.05) is 54.6 Å². The minimum Gasteiger partial charge on any atom is -0.478 e. The second kappa shape index (κ2) is 7.10. The van der Waals surface area contributed by atoms with Gasteiger partial charge in [-0.2, -0.15) is 0 Å². The molecule has 0 aliphatic rings. The molecule has 0 spiro atoms. The van der Waals surface area contributed by atoms with Gasteiger partial charge in [0.05, 0.1) is 0 Å². The predicted molar refractivity (Wildman–Crippen MR) is 82.3 cm³/mol. The maximum atomic E-state index is 10.6. The average molecular weight is 264 g/mol. The van der Waals surface area contributed by atoms with Crippen molar-refractivity contribution in [3.63, 3.8) is 0 Å². The van der Waals surface area contributed by atoms with Crippen molar-refractivity contribution in [3.05, 3.63) is 83.4 Å². The van der Waals surface area contributed by atoms with Gasteiger partial charge in [-0.05, 0) is 29.2 Å². The first-order valence-corrected chi connectivity index (χ1v) is 6.46. The lowest BCUT2D eigenvalue weighted by Crippen LogP contribution is -1.89. The second-order valence-corrected chi connectivity index (χ2v) is 4.39. The number of rotatable bonds is 5. The lowest BCUT2D eigenvalue weighted by molar-refractivity contribution is -0.131. The first kappa shape index (κ1) is 13.8. The Morgan fingerprint density at radius 2 is 1.65 bits per heavy atom. The number of hydrogen-bond acceptors (Lipinski definition) is 1. The third kappa shape index (κ3) is 4.25. The van der Waals surface area contributed by atoms with Crippen LogP contribution in [-0.2, 0) is 11.2 Å². The molecule has 2 aromatic rings. The van der Waals surface area contributed by atoms with E-state index in [1.165, 1.54) is 6.08 Å². The normalized spacial score (nSPS) is 11.2. The molecule has 0 unspecified atom stereocenters. The van der Waals surface area contributed by atoms with Gasteiger partial charge >= 0.3 is 5.97 Å². The van der Waals surface area contributed by atoms with Crippen LogP contribution in [0.2, 0.25) is 0 Å². The summed E-state index contributed by atoms with van der Waals surface area (Å²) in [7, 11) is 0. The van der Waals surface area contributed by atoms with Crippen LogP contribution < -0.4 is 0 Å². The first-order chi connectivity index (χ1) is 9.75. The Hall–Kier alpha value is -2.61. The Bertz CT molecular complexity index is 625. The van der Waals surface area contributed by atoms with Crippen molar-refractivity contribution in [2.24, 2.45) is 0 Å². The molecule has 0 aromatic heterocycles. The van der Waals surface area contributed by atoms with Gasteiger partial charge < -0.3 is 5.11 Å². The number of allylic oxidation sites excluding steroid dienone is 1. The van der Waals surface area contributed by atoms with E-state index < -0.39 is 5.97 Å². The maximum absolute atomic E-state index is 10.6. The van der Waals surface area contributed by atoms with Crippen molar-refractivity contribution >= 4 is 18.1 Å². The van der Waals surface area contributed by atoms with Crippen molar-refractivity contribution in [1.82, 2.24) is 0 Å². The number of benzene rings is 2. The Morgan fingerprint density at radius 3 is 2.40 bits per heavy atom. The van der Waals surface area contributed by atoms with Crippen molar-refractivity contribution in [2.75, 3.05) is 0 Å². The van der Waals surface area contributed by atoms with Gasteiger partial charge in [-0.1, -0.05) is 66.7 Å². The summed E-state index contributed by atoms with van der Waals surface area (Å²) < 4.78 is 0. The van der Waals surface area contributed by atoms with Crippen LogP contribution in [0.15, 0.2) is 66.7 Å². The van der Waals surface area contributed by atoms with Crippen molar-refractivity contribution in [3.8, 4) is 0 Å². The molecule has 0 saturated heterocycles. The summed E-state index contributed by atoms with van der Waals surface area (Å²) in [5.74, 6) is -0.931. The van der Waals surface area contributed by atoms with E-state index >= 15 is 0 Å². The van der Waals surface area contributed by atoms with Crippen LogP contribution >= 0.6 is 0 Å². The fourth-order valence-corrected chi connectivity index (χ4v) is 1.93. The summed E-state index contributed by atoms with van der Waals surface area (Å²) in [5, 5.41) is 8.69.